The van der Waals surface area contributed by atoms with Gasteiger partial charge in [-0.25, -0.2) is 9.78 Å². The Balaban J connectivity index is 1.81. The Morgan fingerprint density at radius 2 is 1.82 bits per heavy atom. The molecule has 4 rings (SSSR count). The summed E-state index contributed by atoms with van der Waals surface area (Å²) in [6.07, 6.45) is 2.69. The molecule has 2 aliphatic rings. The molecule has 1 aliphatic carbocycles. The number of nitrogens with zero attached hydrogens (tertiary/aromatic N) is 2. The van der Waals surface area contributed by atoms with Gasteiger partial charge in [-0.1, -0.05) is 44.7 Å². The zero-order valence-corrected chi connectivity index (χ0v) is 19.1. The van der Waals surface area contributed by atoms with Crippen molar-refractivity contribution in [2.75, 3.05) is 26.3 Å². The molecule has 9 heteroatoms. The second-order valence-electron chi connectivity index (χ2n) is 9.02. The first kappa shape index (κ1) is 23.2. The van der Waals surface area contributed by atoms with Crippen LogP contribution in [0.15, 0.2) is 28.7 Å². The number of rotatable bonds is 7. The number of hydrogen-bond donors (Lipinski definition) is 1. The van der Waals surface area contributed by atoms with Crippen molar-refractivity contribution in [1.29, 1.82) is 0 Å². The van der Waals surface area contributed by atoms with Gasteiger partial charge in [0.25, 0.3) is 11.7 Å². The Kier molecular flexibility index (Phi) is 6.69. The van der Waals surface area contributed by atoms with Gasteiger partial charge in [0.2, 0.25) is 5.91 Å². The molecule has 2 amide bonds. The van der Waals surface area contributed by atoms with Crippen molar-refractivity contribution in [3.63, 3.8) is 0 Å². The number of nitrogens with two attached hydrogens (primary N) is 1. The monoisotopic (exact) mass is 457 g/mol. The van der Waals surface area contributed by atoms with Crippen LogP contribution in [0.25, 0.3) is 11.1 Å². The van der Waals surface area contributed by atoms with Crippen LogP contribution in [-0.2, 0) is 14.3 Å². The molecule has 3 atom stereocenters. The Bertz CT molecular complexity index is 991. The van der Waals surface area contributed by atoms with E-state index in [4.69, 9.17) is 19.6 Å². The molecule has 9 nitrogen and oxygen atoms in total. The maximum absolute atomic E-state index is 14.1. The number of carbonyl (C=O) groups is 3. The van der Waals surface area contributed by atoms with Crippen LogP contribution in [0.3, 0.4) is 0 Å². The number of hydrogen-bond acceptors (Lipinski definition) is 7. The summed E-state index contributed by atoms with van der Waals surface area (Å²) in [5.41, 5.74) is 4.63. The molecule has 1 saturated carbocycles. The average Bonchev–Trinajstić information content (AvgIpc) is 3.51. The molecule has 2 fully saturated rings. The van der Waals surface area contributed by atoms with Crippen LogP contribution in [0, 0.1) is 17.8 Å². The summed E-state index contributed by atoms with van der Waals surface area (Å²) in [5.74, 6) is -2.46. The van der Waals surface area contributed by atoms with Crippen LogP contribution >= 0.6 is 0 Å². The molecule has 1 aliphatic heterocycles. The third-order valence-electron chi connectivity index (χ3n) is 7.23. The van der Waals surface area contributed by atoms with Crippen molar-refractivity contribution in [3.8, 4) is 0 Å². The highest BCUT2D eigenvalue weighted by Gasteiger charge is 2.58. The van der Waals surface area contributed by atoms with Gasteiger partial charge in [-0.05, 0) is 25.0 Å². The van der Waals surface area contributed by atoms with Gasteiger partial charge in [-0.15, -0.1) is 0 Å². The lowest BCUT2D eigenvalue weighted by Gasteiger charge is -2.43. The maximum atomic E-state index is 14.1. The highest BCUT2D eigenvalue weighted by atomic mass is 16.6. The fourth-order valence-electron chi connectivity index (χ4n) is 5.38. The molecule has 178 valence electrons. The molecular weight excluding hydrogens is 426 g/mol. The average molecular weight is 458 g/mol. The minimum atomic E-state index is -1.84. The summed E-state index contributed by atoms with van der Waals surface area (Å²) in [4.78, 5) is 45.9. The van der Waals surface area contributed by atoms with E-state index in [1.807, 2.05) is 6.92 Å². The third-order valence-corrected chi connectivity index (χ3v) is 7.23. The SMILES string of the molecule is CC(C(=O)N1CCOCC1)C(OC(N)=O)(C(=O)c1nc2ccccc2o1)C(C)C1CCCC1. The van der Waals surface area contributed by atoms with Gasteiger partial charge in [0, 0.05) is 19.0 Å². The number of fused-ring (bicyclic) bond motifs is 1. The zero-order valence-electron chi connectivity index (χ0n) is 19.1. The van der Waals surface area contributed by atoms with Crippen molar-refractivity contribution < 1.29 is 28.3 Å². The number of ketones is 1. The van der Waals surface area contributed by atoms with Crippen LogP contribution < -0.4 is 5.73 Å². The van der Waals surface area contributed by atoms with Gasteiger partial charge < -0.3 is 24.5 Å². The lowest BCUT2D eigenvalue weighted by Crippen LogP contribution is -2.61. The summed E-state index contributed by atoms with van der Waals surface area (Å²) < 4.78 is 16.8. The normalized spacial score (nSPS) is 20.8. The molecule has 2 N–H and O–H groups in total. The minimum absolute atomic E-state index is 0.0950. The molecule has 0 spiro atoms. The van der Waals surface area contributed by atoms with E-state index in [2.05, 4.69) is 4.98 Å². The molecule has 2 aromatic rings. The molecule has 1 aromatic carbocycles. The van der Waals surface area contributed by atoms with Gasteiger partial charge in [0.05, 0.1) is 19.1 Å². The van der Waals surface area contributed by atoms with E-state index in [1.165, 1.54) is 0 Å². The Morgan fingerprint density at radius 3 is 2.45 bits per heavy atom. The fraction of sp³-hybridized carbons (Fsp3) is 0.583. The van der Waals surface area contributed by atoms with Crippen LogP contribution in [-0.4, -0.2) is 59.6 Å². The van der Waals surface area contributed by atoms with Gasteiger partial charge in [0.15, 0.2) is 11.2 Å². The van der Waals surface area contributed by atoms with E-state index in [1.54, 1.807) is 36.1 Å². The van der Waals surface area contributed by atoms with Crippen LogP contribution in [0.4, 0.5) is 4.79 Å². The standard InChI is InChI=1S/C24H31N3O6/c1-15(17-7-3-4-8-17)24(33-23(25)30,16(2)22(29)27-11-13-31-14-12-27)20(28)21-26-18-9-5-6-10-19(18)32-21/h5-6,9-10,15-17H,3-4,7-8,11-14H2,1-2H3,(H2,25,30). The first-order valence-electron chi connectivity index (χ1n) is 11.6. The van der Waals surface area contributed by atoms with Gasteiger partial charge in [-0.3, -0.25) is 9.59 Å². The summed E-state index contributed by atoms with van der Waals surface area (Å²) >= 11 is 0. The number of primary amides is 1. The largest absolute Gasteiger partial charge is 0.434 e. The molecule has 3 unspecified atom stereocenters. The highest BCUT2D eigenvalue weighted by molar-refractivity contribution is 6.04. The minimum Gasteiger partial charge on any atom is -0.434 e. The molecule has 1 aromatic heterocycles. The number of aromatic nitrogens is 1. The predicted molar refractivity (Wildman–Crippen MR) is 119 cm³/mol. The van der Waals surface area contributed by atoms with Crippen molar-refractivity contribution in [3.05, 3.63) is 30.2 Å². The predicted octanol–water partition coefficient (Wildman–Crippen LogP) is 3.17. The third kappa shape index (κ3) is 4.34. The second-order valence-corrected chi connectivity index (χ2v) is 9.02. The molecule has 1 saturated heterocycles. The fourth-order valence-corrected chi connectivity index (χ4v) is 5.38. The number of amides is 2. The quantitative estimate of drug-likeness (QED) is 0.633. The second kappa shape index (κ2) is 9.51. The number of Topliss-reactive ketones (excluding diaryl/α,β-unsaturated/α-hetero) is 1. The van der Waals surface area contributed by atoms with Crippen LogP contribution in [0.2, 0.25) is 0 Å². The number of ether oxygens (including phenoxy) is 2. The van der Waals surface area contributed by atoms with Gasteiger partial charge in [0.1, 0.15) is 5.52 Å². The molecule has 0 bridgehead atoms. The topological polar surface area (TPSA) is 125 Å². The number of carbonyl (C=O) groups excluding carboxylic acids is 3. The van der Waals surface area contributed by atoms with E-state index in [-0.39, 0.29) is 17.7 Å². The van der Waals surface area contributed by atoms with Crippen molar-refractivity contribution in [2.24, 2.45) is 23.5 Å². The molecule has 33 heavy (non-hydrogen) atoms. The smallest absolute Gasteiger partial charge is 0.405 e. The van der Waals surface area contributed by atoms with Crippen LogP contribution in [0.5, 0.6) is 0 Å². The van der Waals surface area contributed by atoms with E-state index < -0.39 is 29.3 Å². The first-order valence-corrected chi connectivity index (χ1v) is 11.6. The molecule has 0 radical (unpaired) electrons. The van der Waals surface area contributed by atoms with E-state index in [9.17, 15) is 14.4 Å². The highest BCUT2D eigenvalue weighted by Crippen LogP contribution is 2.44. The summed E-state index contributed by atoms with van der Waals surface area (Å²) in [6.45, 7) is 5.14. The van der Waals surface area contributed by atoms with E-state index in [0.717, 1.165) is 25.7 Å². The Morgan fingerprint density at radius 1 is 1.15 bits per heavy atom. The Labute approximate surface area is 192 Å². The summed E-state index contributed by atoms with van der Waals surface area (Å²) in [6, 6.07) is 7.01. The molecular formula is C24H31N3O6. The molecule has 2 heterocycles. The van der Waals surface area contributed by atoms with Gasteiger partial charge >= 0.3 is 6.09 Å². The maximum Gasteiger partial charge on any atom is 0.405 e. The lowest BCUT2D eigenvalue weighted by atomic mass is 9.68. The van der Waals surface area contributed by atoms with Gasteiger partial charge in [-0.2, -0.15) is 0 Å². The Hall–Kier alpha value is -2.94. The summed E-state index contributed by atoms with van der Waals surface area (Å²) in [7, 11) is 0. The number of morpholine rings is 1. The lowest BCUT2D eigenvalue weighted by molar-refractivity contribution is -0.149. The first-order chi connectivity index (χ1) is 15.8. The van der Waals surface area contributed by atoms with E-state index >= 15 is 0 Å². The number of benzene rings is 1. The van der Waals surface area contributed by atoms with Crippen LogP contribution in [0.1, 0.15) is 50.2 Å². The zero-order chi connectivity index (χ0) is 23.6. The van der Waals surface area contributed by atoms with Crippen molar-refractivity contribution >= 4 is 28.9 Å². The van der Waals surface area contributed by atoms with Crippen molar-refractivity contribution in [1.82, 2.24) is 9.88 Å². The summed E-state index contributed by atoms with van der Waals surface area (Å²) in [5, 5.41) is 0. The van der Waals surface area contributed by atoms with E-state index in [0.29, 0.717) is 37.4 Å². The van der Waals surface area contributed by atoms with Crippen molar-refractivity contribution in [2.45, 2.75) is 45.1 Å². The number of para-hydroxylation sites is 2. The number of oxazole rings is 1.